The molecule has 136 valence electrons. The summed E-state index contributed by atoms with van der Waals surface area (Å²) in [7, 11) is -3.55. The minimum Gasteiger partial charge on any atom is -0.334 e. The molecule has 26 heavy (non-hydrogen) atoms. The van der Waals surface area contributed by atoms with Gasteiger partial charge in [-0.05, 0) is 31.0 Å². The molecule has 8 heteroatoms. The van der Waals surface area contributed by atoms with Crippen molar-refractivity contribution in [2.24, 2.45) is 0 Å². The summed E-state index contributed by atoms with van der Waals surface area (Å²) in [5, 5.41) is 11.2. The van der Waals surface area contributed by atoms with Crippen LogP contribution in [0.1, 0.15) is 23.2 Å². The lowest BCUT2D eigenvalue weighted by Gasteiger charge is -2.24. The second-order valence-corrected chi connectivity index (χ2v) is 8.20. The smallest absolute Gasteiger partial charge is 0.282 e. The van der Waals surface area contributed by atoms with Crippen molar-refractivity contribution < 1.29 is 18.1 Å². The fourth-order valence-electron chi connectivity index (χ4n) is 3.22. The van der Waals surface area contributed by atoms with E-state index in [0.29, 0.717) is 19.4 Å². The number of nitro benzene ring substituents is 1. The highest BCUT2D eigenvalue weighted by atomic mass is 32.2. The van der Waals surface area contributed by atoms with E-state index in [2.05, 4.69) is 0 Å². The monoisotopic (exact) mass is 374 g/mol. The predicted molar refractivity (Wildman–Crippen MR) is 95.6 cm³/mol. The van der Waals surface area contributed by atoms with Crippen LogP contribution in [0.15, 0.2) is 59.5 Å². The molecule has 1 aliphatic heterocycles. The van der Waals surface area contributed by atoms with Gasteiger partial charge in [-0.25, -0.2) is 8.42 Å². The van der Waals surface area contributed by atoms with E-state index < -0.39 is 26.7 Å². The largest absolute Gasteiger partial charge is 0.334 e. The van der Waals surface area contributed by atoms with Gasteiger partial charge in [0.25, 0.3) is 11.6 Å². The van der Waals surface area contributed by atoms with Gasteiger partial charge in [-0.3, -0.25) is 14.9 Å². The van der Waals surface area contributed by atoms with Crippen LogP contribution in [0, 0.1) is 10.1 Å². The summed E-state index contributed by atoms with van der Waals surface area (Å²) in [6, 6.07) is 13.3. The maximum absolute atomic E-state index is 12.8. The lowest BCUT2D eigenvalue weighted by molar-refractivity contribution is -0.385. The Kier molecular flexibility index (Phi) is 5.03. The molecule has 1 amide bonds. The van der Waals surface area contributed by atoms with Gasteiger partial charge in [0.05, 0.1) is 15.6 Å². The molecule has 7 nitrogen and oxygen atoms in total. The van der Waals surface area contributed by atoms with Crippen molar-refractivity contribution in [3.8, 4) is 0 Å². The van der Waals surface area contributed by atoms with Crippen LogP contribution in [-0.2, 0) is 9.84 Å². The summed E-state index contributed by atoms with van der Waals surface area (Å²) in [6.45, 7) is 0.389. The molecule has 0 aromatic heterocycles. The zero-order valence-electron chi connectivity index (χ0n) is 13.9. The van der Waals surface area contributed by atoms with Crippen molar-refractivity contribution >= 4 is 21.4 Å². The Bertz CT molecular complexity index is 928. The van der Waals surface area contributed by atoms with E-state index in [4.69, 9.17) is 0 Å². The SMILES string of the molecule is O=C(c1ccccc1[N+](=O)[O-])N1CCCC1CS(=O)(=O)c1ccccc1. The summed E-state index contributed by atoms with van der Waals surface area (Å²) in [6.07, 6.45) is 1.22. The van der Waals surface area contributed by atoms with Crippen LogP contribution < -0.4 is 0 Å². The number of benzene rings is 2. The van der Waals surface area contributed by atoms with E-state index in [-0.39, 0.29) is 21.9 Å². The number of nitro groups is 1. The molecule has 1 heterocycles. The second kappa shape index (κ2) is 7.25. The number of para-hydroxylation sites is 1. The molecule has 1 atom stereocenters. The molecule has 0 N–H and O–H groups in total. The number of carbonyl (C=O) groups is 1. The van der Waals surface area contributed by atoms with Gasteiger partial charge in [-0.1, -0.05) is 30.3 Å². The number of amides is 1. The quantitative estimate of drug-likeness (QED) is 0.592. The van der Waals surface area contributed by atoms with Crippen molar-refractivity contribution in [1.29, 1.82) is 0 Å². The highest BCUT2D eigenvalue weighted by Crippen LogP contribution is 2.27. The van der Waals surface area contributed by atoms with Crippen LogP contribution in [-0.4, -0.2) is 42.5 Å². The number of carbonyl (C=O) groups excluding carboxylic acids is 1. The molecule has 0 radical (unpaired) electrons. The number of nitrogens with zero attached hydrogens (tertiary/aromatic N) is 2. The molecule has 0 bridgehead atoms. The maximum atomic E-state index is 12.8. The number of sulfone groups is 1. The molecule has 2 aromatic rings. The lowest BCUT2D eigenvalue weighted by Crippen LogP contribution is -2.39. The summed E-state index contributed by atoms with van der Waals surface area (Å²) in [5.41, 5.74) is -0.282. The van der Waals surface area contributed by atoms with Crippen LogP contribution >= 0.6 is 0 Å². The highest BCUT2D eigenvalue weighted by molar-refractivity contribution is 7.91. The Morgan fingerprint density at radius 2 is 1.77 bits per heavy atom. The Labute approximate surface area is 151 Å². The topological polar surface area (TPSA) is 97.6 Å². The fraction of sp³-hybridized carbons (Fsp3) is 0.278. The number of hydrogen-bond donors (Lipinski definition) is 0. The van der Waals surface area contributed by atoms with Crippen molar-refractivity contribution in [3.05, 3.63) is 70.3 Å². The van der Waals surface area contributed by atoms with Crippen molar-refractivity contribution in [2.75, 3.05) is 12.3 Å². The first-order valence-corrected chi connectivity index (χ1v) is 9.87. The molecular formula is C18H18N2O5S. The normalized spacial score (nSPS) is 17.2. The first kappa shape index (κ1) is 18.1. The van der Waals surface area contributed by atoms with Crippen molar-refractivity contribution in [1.82, 2.24) is 4.90 Å². The summed E-state index contributed by atoms with van der Waals surface area (Å²) >= 11 is 0. The lowest BCUT2D eigenvalue weighted by atomic mass is 10.1. The number of rotatable bonds is 5. The van der Waals surface area contributed by atoms with Gasteiger partial charge >= 0.3 is 0 Å². The average molecular weight is 374 g/mol. The van der Waals surface area contributed by atoms with E-state index in [1.54, 1.807) is 24.3 Å². The highest BCUT2D eigenvalue weighted by Gasteiger charge is 2.35. The molecule has 3 rings (SSSR count). The van der Waals surface area contributed by atoms with E-state index in [0.717, 1.165) is 0 Å². The zero-order valence-corrected chi connectivity index (χ0v) is 14.8. The Hall–Kier alpha value is -2.74. The van der Waals surface area contributed by atoms with Crippen molar-refractivity contribution in [3.63, 3.8) is 0 Å². The first-order valence-electron chi connectivity index (χ1n) is 8.22. The fourth-order valence-corrected chi connectivity index (χ4v) is 4.84. The third-order valence-corrected chi connectivity index (χ3v) is 6.30. The first-order chi connectivity index (χ1) is 12.4. The van der Waals surface area contributed by atoms with Crippen LogP contribution in [0.25, 0.3) is 0 Å². The third-order valence-electron chi connectivity index (χ3n) is 4.48. The summed E-state index contributed by atoms with van der Waals surface area (Å²) in [5.74, 6) is -0.688. The van der Waals surface area contributed by atoms with Crippen molar-refractivity contribution in [2.45, 2.75) is 23.8 Å². The molecular weight excluding hydrogens is 356 g/mol. The molecule has 1 fully saturated rings. The van der Waals surface area contributed by atoms with E-state index >= 15 is 0 Å². The standard InChI is InChI=1S/C18H18N2O5S/c21-18(16-10-4-5-11-17(16)20(22)23)19-12-6-7-14(19)13-26(24,25)15-8-2-1-3-9-15/h1-5,8-11,14H,6-7,12-13H2. The van der Waals surface area contributed by atoms with Crippen LogP contribution in [0.5, 0.6) is 0 Å². The minimum atomic E-state index is -3.55. The second-order valence-electron chi connectivity index (χ2n) is 6.16. The third kappa shape index (κ3) is 3.60. The van der Waals surface area contributed by atoms with Gasteiger partial charge in [-0.15, -0.1) is 0 Å². The Morgan fingerprint density at radius 3 is 2.46 bits per heavy atom. The van der Waals surface area contributed by atoms with E-state index in [9.17, 15) is 23.3 Å². The minimum absolute atomic E-state index is 0.0125. The van der Waals surface area contributed by atoms with Crippen LogP contribution in [0.2, 0.25) is 0 Å². The van der Waals surface area contributed by atoms with E-state index in [1.807, 2.05) is 0 Å². The molecule has 0 saturated carbocycles. The molecule has 2 aromatic carbocycles. The molecule has 1 aliphatic rings. The molecule has 1 unspecified atom stereocenters. The molecule has 1 saturated heterocycles. The Balaban J connectivity index is 1.85. The van der Waals surface area contributed by atoms with Crippen LogP contribution in [0.3, 0.4) is 0 Å². The van der Waals surface area contributed by atoms with Gasteiger partial charge in [-0.2, -0.15) is 0 Å². The summed E-state index contributed by atoms with van der Waals surface area (Å²) in [4.78, 5) is 25.1. The van der Waals surface area contributed by atoms with Gasteiger partial charge in [0.2, 0.25) is 0 Å². The van der Waals surface area contributed by atoms with E-state index in [1.165, 1.54) is 35.2 Å². The molecule has 0 spiro atoms. The van der Waals surface area contributed by atoms with Gasteiger partial charge < -0.3 is 4.90 Å². The predicted octanol–water partition coefficient (Wildman–Crippen LogP) is 2.67. The Morgan fingerprint density at radius 1 is 1.12 bits per heavy atom. The van der Waals surface area contributed by atoms with Gasteiger partial charge in [0.15, 0.2) is 9.84 Å². The van der Waals surface area contributed by atoms with Gasteiger partial charge in [0, 0.05) is 18.7 Å². The molecule has 0 aliphatic carbocycles. The van der Waals surface area contributed by atoms with Gasteiger partial charge in [0.1, 0.15) is 5.56 Å². The summed E-state index contributed by atoms with van der Waals surface area (Å²) < 4.78 is 25.2. The zero-order chi connectivity index (χ0) is 18.7. The number of likely N-dealkylation sites (tertiary alicyclic amines) is 1. The van der Waals surface area contributed by atoms with Crippen LogP contribution in [0.4, 0.5) is 5.69 Å². The maximum Gasteiger partial charge on any atom is 0.282 e. The number of hydrogen-bond acceptors (Lipinski definition) is 5. The average Bonchev–Trinajstić information content (AvgIpc) is 3.09.